The topological polar surface area (TPSA) is 72.8 Å². The Morgan fingerprint density at radius 1 is 1.30 bits per heavy atom. The van der Waals surface area contributed by atoms with Gasteiger partial charge in [0.15, 0.2) is 0 Å². The van der Waals surface area contributed by atoms with Gasteiger partial charge < -0.3 is 14.6 Å². The third-order valence-corrected chi connectivity index (χ3v) is 2.46. The van der Waals surface area contributed by atoms with Crippen molar-refractivity contribution in [2.24, 2.45) is 0 Å². The smallest absolute Gasteiger partial charge is 0.373 e. The first-order valence-electron chi connectivity index (χ1n) is 6.38. The van der Waals surface area contributed by atoms with Crippen LogP contribution in [-0.4, -0.2) is 23.7 Å². The summed E-state index contributed by atoms with van der Waals surface area (Å²) in [5, 5.41) is 9.38. The predicted molar refractivity (Wildman–Crippen MR) is 72.9 cm³/mol. The van der Waals surface area contributed by atoms with E-state index < -0.39 is 23.8 Å². The van der Waals surface area contributed by atoms with Crippen molar-refractivity contribution >= 4 is 11.9 Å². The molecular weight excluding hydrogens is 260 g/mol. The lowest BCUT2D eigenvalue weighted by molar-refractivity contribution is -0.146. The number of hydrogen-bond donors (Lipinski definition) is 1. The van der Waals surface area contributed by atoms with E-state index in [9.17, 15) is 14.7 Å². The zero-order valence-electron chi connectivity index (χ0n) is 11.5. The number of aliphatic hydroxyl groups is 1. The Morgan fingerprint density at radius 2 is 1.95 bits per heavy atom. The summed E-state index contributed by atoms with van der Waals surface area (Å²) in [6.07, 6.45) is 0.880. The van der Waals surface area contributed by atoms with E-state index in [4.69, 9.17) is 4.74 Å². The average Bonchev–Trinajstić information content (AvgIpc) is 2.45. The van der Waals surface area contributed by atoms with Crippen LogP contribution < -0.4 is 0 Å². The molecular formula is C15H18O5. The molecule has 1 aromatic rings. The number of carbonyl (C=O) groups is 2. The molecule has 0 bridgehead atoms. The molecule has 0 saturated carbocycles. The second-order valence-corrected chi connectivity index (χ2v) is 4.16. The van der Waals surface area contributed by atoms with Crippen LogP contribution in [0.2, 0.25) is 0 Å². The third-order valence-electron chi connectivity index (χ3n) is 2.46. The lowest BCUT2D eigenvalue weighted by atomic mass is 10.1. The summed E-state index contributed by atoms with van der Waals surface area (Å²) in [7, 11) is 0. The van der Waals surface area contributed by atoms with E-state index in [1.165, 1.54) is 0 Å². The maximum Gasteiger partial charge on any atom is 0.373 e. The highest BCUT2D eigenvalue weighted by atomic mass is 16.6. The van der Waals surface area contributed by atoms with Crippen molar-refractivity contribution in [1.29, 1.82) is 0 Å². The minimum atomic E-state index is -0.934. The van der Waals surface area contributed by atoms with Gasteiger partial charge in [0, 0.05) is 0 Å². The Bertz CT molecular complexity index is 478. The van der Waals surface area contributed by atoms with Crippen molar-refractivity contribution in [3.8, 4) is 0 Å². The van der Waals surface area contributed by atoms with Crippen LogP contribution in [0.1, 0.15) is 31.9 Å². The SMILES string of the molecule is CCCOC(=O)/C(O)=C\C(=O)OC(C)c1ccccc1. The van der Waals surface area contributed by atoms with Crippen LogP contribution in [0.15, 0.2) is 42.2 Å². The largest absolute Gasteiger partial charge is 0.502 e. The van der Waals surface area contributed by atoms with Crippen molar-refractivity contribution < 1.29 is 24.2 Å². The molecule has 5 heteroatoms. The minimum absolute atomic E-state index is 0.187. The van der Waals surface area contributed by atoms with Gasteiger partial charge in [0.05, 0.1) is 12.7 Å². The van der Waals surface area contributed by atoms with Crippen molar-refractivity contribution in [3.05, 3.63) is 47.7 Å². The van der Waals surface area contributed by atoms with Crippen molar-refractivity contribution in [2.45, 2.75) is 26.4 Å². The van der Waals surface area contributed by atoms with Crippen LogP contribution in [-0.2, 0) is 19.1 Å². The molecule has 1 atom stereocenters. The zero-order valence-corrected chi connectivity index (χ0v) is 11.5. The highest BCUT2D eigenvalue weighted by Crippen LogP contribution is 2.16. The van der Waals surface area contributed by atoms with Crippen LogP contribution in [0, 0.1) is 0 Å². The molecule has 20 heavy (non-hydrogen) atoms. The number of rotatable bonds is 6. The van der Waals surface area contributed by atoms with E-state index in [0.29, 0.717) is 6.42 Å². The van der Waals surface area contributed by atoms with E-state index in [2.05, 4.69) is 4.74 Å². The molecule has 0 aliphatic heterocycles. The second-order valence-electron chi connectivity index (χ2n) is 4.16. The molecule has 1 N–H and O–H groups in total. The number of ether oxygens (including phenoxy) is 2. The summed E-state index contributed by atoms with van der Waals surface area (Å²) in [4.78, 5) is 22.8. The lowest BCUT2D eigenvalue weighted by Crippen LogP contribution is -2.12. The highest BCUT2D eigenvalue weighted by molar-refractivity contribution is 5.94. The number of benzene rings is 1. The van der Waals surface area contributed by atoms with Gasteiger partial charge in [-0.25, -0.2) is 9.59 Å². The fourth-order valence-corrected chi connectivity index (χ4v) is 1.44. The van der Waals surface area contributed by atoms with Gasteiger partial charge in [0.1, 0.15) is 6.10 Å². The van der Waals surface area contributed by atoms with E-state index >= 15 is 0 Å². The predicted octanol–water partition coefficient (Wildman–Crippen LogP) is 2.69. The Hall–Kier alpha value is -2.30. The third kappa shape index (κ3) is 5.14. The van der Waals surface area contributed by atoms with Crippen molar-refractivity contribution in [2.75, 3.05) is 6.61 Å². The Balaban J connectivity index is 2.56. The zero-order chi connectivity index (χ0) is 15.0. The quantitative estimate of drug-likeness (QED) is 0.492. The Labute approximate surface area is 117 Å². The molecule has 0 aliphatic carbocycles. The highest BCUT2D eigenvalue weighted by Gasteiger charge is 2.14. The van der Waals surface area contributed by atoms with Gasteiger partial charge in [-0.3, -0.25) is 0 Å². The van der Waals surface area contributed by atoms with E-state index in [-0.39, 0.29) is 6.61 Å². The molecule has 0 spiro atoms. The van der Waals surface area contributed by atoms with Gasteiger partial charge >= 0.3 is 11.9 Å². The first-order valence-corrected chi connectivity index (χ1v) is 6.38. The summed E-state index contributed by atoms with van der Waals surface area (Å²) >= 11 is 0. The molecule has 0 aliphatic rings. The molecule has 108 valence electrons. The van der Waals surface area contributed by atoms with Gasteiger partial charge in [-0.2, -0.15) is 0 Å². The maximum absolute atomic E-state index is 11.5. The fraction of sp³-hybridized carbons (Fsp3) is 0.333. The standard InChI is InChI=1S/C15H18O5/c1-3-9-19-15(18)13(16)10-14(17)20-11(2)12-7-5-4-6-8-12/h4-8,10-11,16H,3,9H2,1-2H3/b13-10+. The molecule has 5 nitrogen and oxygen atoms in total. The summed E-state index contributed by atoms with van der Waals surface area (Å²) in [5.74, 6) is -2.49. The first kappa shape index (κ1) is 15.8. The van der Waals surface area contributed by atoms with Gasteiger partial charge in [-0.1, -0.05) is 37.3 Å². The molecule has 1 aromatic carbocycles. The normalized spacial score (nSPS) is 12.6. The van der Waals surface area contributed by atoms with E-state index in [1.807, 2.05) is 37.3 Å². The Morgan fingerprint density at radius 3 is 2.55 bits per heavy atom. The molecule has 0 heterocycles. The second kappa shape index (κ2) is 7.99. The summed E-state index contributed by atoms with van der Waals surface area (Å²) in [5.41, 5.74) is 0.822. The molecule has 0 radical (unpaired) electrons. The molecule has 1 rings (SSSR count). The first-order chi connectivity index (χ1) is 9.54. The average molecular weight is 278 g/mol. The molecule has 1 unspecified atom stereocenters. The molecule has 0 amide bonds. The maximum atomic E-state index is 11.5. The van der Waals surface area contributed by atoms with Gasteiger partial charge in [0.25, 0.3) is 0 Å². The van der Waals surface area contributed by atoms with Gasteiger partial charge in [-0.15, -0.1) is 0 Å². The van der Waals surface area contributed by atoms with Crippen LogP contribution in [0.4, 0.5) is 0 Å². The summed E-state index contributed by atoms with van der Waals surface area (Å²) in [6, 6.07) is 9.14. The monoisotopic (exact) mass is 278 g/mol. The molecule has 0 aromatic heterocycles. The summed E-state index contributed by atoms with van der Waals surface area (Å²) in [6.45, 7) is 3.71. The number of aliphatic hydroxyl groups excluding tert-OH is 1. The molecule has 0 saturated heterocycles. The van der Waals surface area contributed by atoms with Gasteiger partial charge in [-0.05, 0) is 18.9 Å². The Kier molecular flexibility index (Phi) is 6.29. The van der Waals surface area contributed by atoms with Crippen LogP contribution >= 0.6 is 0 Å². The number of hydrogen-bond acceptors (Lipinski definition) is 5. The fourth-order valence-electron chi connectivity index (χ4n) is 1.44. The molecule has 0 fully saturated rings. The van der Waals surface area contributed by atoms with Crippen LogP contribution in [0.25, 0.3) is 0 Å². The van der Waals surface area contributed by atoms with Gasteiger partial charge in [0.2, 0.25) is 5.76 Å². The number of esters is 2. The van der Waals surface area contributed by atoms with Crippen molar-refractivity contribution in [3.63, 3.8) is 0 Å². The van der Waals surface area contributed by atoms with Crippen molar-refractivity contribution in [1.82, 2.24) is 0 Å². The summed E-state index contributed by atoms with van der Waals surface area (Å²) < 4.78 is 9.76. The number of carbonyl (C=O) groups excluding carboxylic acids is 2. The lowest BCUT2D eigenvalue weighted by Gasteiger charge is -2.12. The van der Waals surface area contributed by atoms with Crippen LogP contribution in [0.5, 0.6) is 0 Å². The minimum Gasteiger partial charge on any atom is -0.502 e. The van der Waals surface area contributed by atoms with E-state index in [1.54, 1.807) is 6.92 Å². The van der Waals surface area contributed by atoms with Crippen LogP contribution in [0.3, 0.4) is 0 Å². The van der Waals surface area contributed by atoms with E-state index in [0.717, 1.165) is 11.6 Å².